The van der Waals surface area contributed by atoms with E-state index in [9.17, 15) is 9.90 Å². The number of amides is 1. The van der Waals surface area contributed by atoms with E-state index < -0.39 is 0 Å². The van der Waals surface area contributed by atoms with E-state index in [0.29, 0.717) is 18.4 Å². The molecule has 0 aliphatic carbocycles. The normalized spacial score (nSPS) is 15.0. The highest BCUT2D eigenvalue weighted by molar-refractivity contribution is 5.78. The van der Waals surface area contributed by atoms with Gasteiger partial charge in [-0.05, 0) is 54.6 Å². The summed E-state index contributed by atoms with van der Waals surface area (Å²) in [4.78, 5) is 17.2. The van der Waals surface area contributed by atoms with E-state index in [1.165, 1.54) is 11.1 Å². The van der Waals surface area contributed by atoms with Crippen LogP contribution in [-0.2, 0) is 11.2 Å². The number of phenolic OH excluding ortho intramolecular Hbond substituents is 1. The number of hydrogen-bond acceptors (Lipinski definition) is 3. The summed E-state index contributed by atoms with van der Waals surface area (Å²) in [5.74, 6) is 0.778. The number of carbonyl (C=O) groups is 1. The van der Waals surface area contributed by atoms with Crippen molar-refractivity contribution >= 4 is 5.91 Å². The van der Waals surface area contributed by atoms with Gasteiger partial charge in [0.25, 0.3) is 0 Å². The fourth-order valence-corrected chi connectivity index (χ4v) is 4.86. The third-order valence-corrected chi connectivity index (χ3v) is 6.93. The van der Waals surface area contributed by atoms with Crippen molar-refractivity contribution in [3.05, 3.63) is 102 Å². The van der Waals surface area contributed by atoms with Gasteiger partial charge in [-0.3, -0.25) is 4.79 Å². The third-order valence-electron chi connectivity index (χ3n) is 6.93. The first kappa shape index (κ1) is 23.1. The number of likely N-dealkylation sites (tertiary alicyclic amines) is 1. The molecular weight excluding hydrogens is 408 g/mol. The molecule has 0 atom stereocenters. The first-order valence-corrected chi connectivity index (χ1v) is 12.0. The molecule has 1 N–H and O–H groups in total. The molecule has 4 nitrogen and oxygen atoms in total. The van der Waals surface area contributed by atoms with Crippen molar-refractivity contribution in [2.24, 2.45) is 0 Å². The van der Waals surface area contributed by atoms with Crippen LogP contribution in [0.2, 0.25) is 0 Å². The molecule has 1 fully saturated rings. The van der Waals surface area contributed by atoms with Crippen LogP contribution in [0.1, 0.15) is 41.9 Å². The van der Waals surface area contributed by atoms with Gasteiger partial charge in [-0.2, -0.15) is 0 Å². The predicted octanol–water partition coefficient (Wildman–Crippen LogP) is 5.08. The topological polar surface area (TPSA) is 43.8 Å². The Bertz CT molecular complexity index is 957. The second kappa shape index (κ2) is 11.2. The maximum absolute atomic E-state index is 12.8. The van der Waals surface area contributed by atoms with Gasteiger partial charge in [-0.1, -0.05) is 72.8 Å². The van der Waals surface area contributed by atoms with Gasteiger partial charge in [0.2, 0.25) is 5.91 Å². The Morgan fingerprint density at radius 2 is 1.45 bits per heavy atom. The zero-order chi connectivity index (χ0) is 23.0. The third kappa shape index (κ3) is 6.23. The van der Waals surface area contributed by atoms with Gasteiger partial charge in [-0.25, -0.2) is 0 Å². The maximum atomic E-state index is 12.8. The Balaban J connectivity index is 1.29. The Labute approximate surface area is 197 Å². The number of piperidine rings is 1. The quantitative estimate of drug-likeness (QED) is 0.529. The van der Waals surface area contributed by atoms with E-state index in [0.717, 1.165) is 44.5 Å². The molecule has 0 spiro atoms. The van der Waals surface area contributed by atoms with Crippen LogP contribution in [0, 0.1) is 0 Å². The molecule has 0 radical (unpaired) electrons. The van der Waals surface area contributed by atoms with Crippen LogP contribution in [-0.4, -0.2) is 53.5 Å². The maximum Gasteiger partial charge on any atom is 0.226 e. The van der Waals surface area contributed by atoms with Gasteiger partial charge in [-0.15, -0.1) is 0 Å². The summed E-state index contributed by atoms with van der Waals surface area (Å²) in [7, 11) is 1.93. The van der Waals surface area contributed by atoms with E-state index >= 15 is 0 Å². The van der Waals surface area contributed by atoms with Crippen LogP contribution >= 0.6 is 0 Å². The Kier molecular flexibility index (Phi) is 7.79. The molecule has 0 bridgehead atoms. The van der Waals surface area contributed by atoms with Crippen LogP contribution < -0.4 is 0 Å². The Morgan fingerprint density at radius 3 is 2.00 bits per heavy atom. The van der Waals surface area contributed by atoms with Crippen molar-refractivity contribution in [3.63, 3.8) is 0 Å². The molecule has 3 aromatic rings. The summed E-state index contributed by atoms with van der Waals surface area (Å²) in [6, 6.07) is 28.8. The van der Waals surface area contributed by atoms with E-state index in [4.69, 9.17) is 0 Å². The first-order chi connectivity index (χ1) is 16.1. The zero-order valence-corrected chi connectivity index (χ0v) is 19.4. The molecular formula is C29H34N2O2. The van der Waals surface area contributed by atoms with Crippen molar-refractivity contribution < 1.29 is 9.90 Å². The highest BCUT2D eigenvalue weighted by Gasteiger charge is 2.26. The van der Waals surface area contributed by atoms with Crippen LogP contribution in [0.25, 0.3) is 0 Å². The van der Waals surface area contributed by atoms with Crippen LogP contribution in [0.15, 0.2) is 84.9 Å². The van der Waals surface area contributed by atoms with E-state index in [1.54, 1.807) is 12.1 Å². The second-order valence-corrected chi connectivity index (χ2v) is 9.08. The van der Waals surface area contributed by atoms with Crippen molar-refractivity contribution in [1.82, 2.24) is 9.80 Å². The van der Waals surface area contributed by atoms with Crippen molar-refractivity contribution in [3.8, 4) is 5.75 Å². The van der Waals surface area contributed by atoms with Crippen LogP contribution in [0.5, 0.6) is 5.75 Å². The molecule has 0 aromatic heterocycles. The summed E-state index contributed by atoms with van der Waals surface area (Å²) >= 11 is 0. The van der Waals surface area contributed by atoms with E-state index in [1.807, 2.05) is 24.1 Å². The van der Waals surface area contributed by atoms with Gasteiger partial charge in [0.05, 0.1) is 6.42 Å². The number of hydrogen-bond donors (Lipinski definition) is 1. The SMILES string of the molecule is CN(C(=O)Cc1ccc(O)cc1)C1CCN(CCC(c2ccccc2)c2ccccc2)CC1. The van der Waals surface area contributed by atoms with Crippen molar-refractivity contribution in [2.75, 3.05) is 26.7 Å². The molecule has 172 valence electrons. The first-order valence-electron chi connectivity index (χ1n) is 12.0. The number of likely N-dealkylation sites (N-methyl/N-ethyl adjacent to an activating group) is 1. The number of carbonyl (C=O) groups excluding carboxylic acids is 1. The smallest absolute Gasteiger partial charge is 0.226 e. The molecule has 4 heteroatoms. The lowest BCUT2D eigenvalue weighted by atomic mass is 9.88. The summed E-state index contributed by atoms with van der Waals surface area (Å²) in [5.41, 5.74) is 3.69. The molecule has 0 unspecified atom stereocenters. The second-order valence-electron chi connectivity index (χ2n) is 9.08. The highest BCUT2D eigenvalue weighted by Crippen LogP contribution is 2.29. The number of rotatable bonds is 8. The molecule has 1 aliphatic rings. The van der Waals surface area contributed by atoms with E-state index in [2.05, 4.69) is 65.6 Å². The van der Waals surface area contributed by atoms with Crippen LogP contribution in [0.3, 0.4) is 0 Å². The Hall–Kier alpha value is -3.11. The van der Waals surface area contributed by atoms with E-state index in [-0.39, 0.29) is 11.7 Å². The number of benzene rings is 3. The molecule has 1 amide bonds. The number of aromatic hydroxyl groups is 1. The van der Waals surface area contributed by atoms with Gasteiger partial charge in [0, 0.05) is 32.1 Å². The Morgan fingerprint density at radius 1 is 0.909 bits per heavy atom. The predicted molar refractivity (Wildman–Crippen MR) is 133 cm³/mol. The van der Waals surface area contributed by atoms with Crippen molar-refractivity contribution in [2.45, 2.75) is 37.6 Å². The molecule has 1 saturated heterocycles. The van der Waals surface area contributed by atoms with Gasteiger partial charge in [0.1, 0.15) is 5.75 Å². The van der Waals surface area contributed by atoms with Crippen LogP contribution in [0.4, 0.5) is 0 Å². The largest absolute Gasteiger partial charge is 0.508 e. The fraction of sp³-hybridized carbons (Fsp3) is 0.345. The fourth-order valence-electron chi connectivity index (χ4n) is 4.86. The average Bonchev–Trinajstić information content (AvgIpc) is 2.87. The molecule has 3 aromatic carbocycles. The monoisotopic (exact) mass is 442 g/mol. The molecule has 4 rings (SSSR count). The van der Waals surface area contributed by atoms with Gasteiger partial charge < -0.3 is 14.9 Å². The molecule has 1 aliphatic heterocycles. The lowest BCUT2D eigenvalue weighted by Gasteiger charge is -2.37. The standard InChI is InChI=1S/C29H34N2O2/c1-30(29(33)22-23-12-14-27(32)15-13-23)26-16-19-31(20-17-26)21-18-28(24-8-4-2-5-9-24)25-10-6-3-7-11-25/h2-15,26,28,32H,16-22H2,1H3. The lowest BCUT2D eigenvalue weighted by Crippen LogP contribution is -2.46. The minimum atomic E-state index is 0.146. The molecule has 33 heavy (non-hydrogen) atoms. The van der Waals surface area contributed by atoms with Gasteiger partial charge in [0.15, 0.2) is 0 Å². The summed E-state index contributed by atoms with van der Waals surface area (Å²) < 4.78 is 0. The number of nitrogens with zero attached hydrogens (tertiary/aromatic N) is 2. The molecule has 0 saturated carbocycles. The number of phenols is 1. The van der Waals surface area contributed by atoms with Crippen molar-refractivity contribution in [1.29, 1.82) is 0 Å². The highest BCUT2D eigenvalue weighted by atomic mass is 16.3. The summed E-state index contributed by atoms with van der Waals surface area (Å²) in [6.45, 7) is 3.11. The minimum Gasteiger partial charge on any atom is -0.508 e. The lowest BCUT2D eigenvalue weighted by molar-refractivity contribution is -0.132. The summed E-state index contributed by atoms with van der Waals surface area (Å²) in [5, 5.41) is 9.44. The zero-order valence-electron chi connectivity index (χ0n) is 19.4. The van der Waals surface area contributed by atoms with Gasteiger partial charge >= 0.3 is 0 Å². The summed E-state index contributed by atoms with van der Waals surface area (Å²) in [6.07, 6.45) is 3.50. The molecule has 1 heterocycles. The average molecular weight is 443 g/mol. The minimum absolute atomic E-state index is 0.146.